The number of nitrogens with zero attached hydrogens (tertiary/aromatic N) is 4. The van der Waals surface area contributed by atoms with Crippen LogP contribution in [-0.2, 0) is 23.5 Å². The zero-order chi connectivity index (χ0) is 23.1. The van der Waals surface area contributed by atoms with Crippen molar-refractivity contribution < 1.29 is 161 Å². The third-order valence-corrected chi connectivity index (χ3v) is 5.64. The Labute approximate surface area is 286 Å². The molecule has 1 aliphatic rings. The van der Waals surface area contributed by atoms with Gasteiger partial charge < -0.3 is 48.6 Å². The Morgan fingerprint density at radius 2 is 1.66 bits per heavy atom. The number of nitrogens with one attached hydrogen (secondary N) is 1. The van der Waals surface area contributed by atoms with Gasteiger partial charge in [-0.1, -0.05) is 15.2 Å². The summed E-state index contributed by atoms with van der Waals surface area (Å²) in [7, 11) is -10.4. The summed E-state index contributed by atoms with van der Waals surface area (Å²) >= 11 is 0. The maximum Gasteiger partial charge on any atom is 1.00 e. The van der Waals surface area contributed by atoms with Crippen LogP contribution in [0, 0.1) is 0 Å². The molecule has 3 N–H and O–H groups in total. The third kappa shape index (κ3) is 10.8. The van der Waals surface area contributed by atoms with Gasteiger partial charge in [-0.3, -0.25) is 19.4 Å². The molecule has 0 spiro atoms. The first-order chi connectivity index (χ1) is 14.2. The molecule has 0 unspecified atom stereocenters. The van der Waals surface area contributed by atoms with Gasteiger partial charge in [0.25, 0.3) is 5.56 Å². The van der Waals surface area contributed by atoms with Crippen LogP contribution in [0.5, 0.6) is 0 Å². The molecule has 1 amide bonds. The summed E-state index contributed by atoms with van der Waals surface area (Å²) in [4.78, 5) is 90.5. The summed E-state index contributed by atoms with van der Waals surface area (Å²) in [6.45, 7) is -0.724. The molecule has 170 valence electrons. The monoisotopic (exact) mass is 568 g/mol. The Morgan fingerprint density at radius 3 is 2.20 bits per heavy atom. The Balaban J connectivity index is 0. The van der Waals surface area contributed by atoms with Crippen molar-refractivity contribution in [3.8, 4) is 0 Å². The quantitative estimate of drug-likeness (QED) is 0.187. The Morgan fingerprint density at radius 1 is 1.09 bits per heavy atom. The van der Waals surface area contributed by atoms with Crippen molar-refractivity contribution in [2.75, 3.05) is 31.1 Å². The van der Waals surface area contributed by atoms with Crippen molar-refractivity contribution >= 4 is 44.2 Å². The topological polar surface area (TPSA) is 263 Å². The number of hydrogen-bond acceptors (Lipinski definition) is 13. The van der Waals surface area contributed by atoms with E-state index in [0.717, 1.165) is 11.2 Å². The molecular weight excluding hydrogens is 554 g/mol. The van der Waals surface area contributed by atoms with Gasteiger partial charge in [-0.05, 0) is 0 Å². The van der Waals surface area contributed by atoms with Gasteiger partial charge in [0, 0.05) is 6.54 Å². The van der Waals surface area contributed by atoms with Crippen molar-refractivity contribution in [3.63, 3.8) is 0 Å². The van der Waals surface area contributed by atoms with E-state index in [9.17, 15) is 43.1 Å². The average Bonchev–Trinajstić information content (AvgIpc) is 3.15. The van der Waals surface area contributed by atoms with Gasteiger partial charge in [-0.2, -0.15) is 4.98 Å². The number of imidazole rings is 1. The Kier molecular flexibility index (Phi) is 16.8. The van der Waals surface area contributed by atoms with E-state index in [-0.39, 0.29) is 142 Å². The fourth-order valence-corrected chi connectivity index (χ4v) is 4.08. The first kappa shape index (κ1) is 38.5. The molecule has 0 saturated carbocycles. The van der Waals surface area contributed by atoms with E-state index in [0.29, 0.717) is 0 Å². The van der Waals surface area contributed by atoms with Gasteiger partial charge in [-0.25, -0.2) is 4.98 Å². The summed E-state index contributed by atoms with van der Waals surface area (Å²) in [5, 5.41) is 0. The maximum absolute atomic E-state index is 12.2. The van der Waals surface area contributed by atoms with Crippen LogP contribution in [0.2, 0.25) is 0 Å². The minimum Gasteiger partial charge on any atom is -0.810 e. The molecule has 1 fully saturated rings. The Hall–Kier alpha value is 1.39. The molecule has 0 radical (unpaired) electrons. The van der Waals surface area contributed by atoms with Crippen LogP contribution >= 0.6 is 15.2 Å². The van der Waals surface area contributed by atoms with E-state index in [4.69, 9.17) is 10.5 Å². The van der Waals surface area contributed by atoms with Crippen molar-refractivity contribution in [2.24, 2.45) is 0 Å². The van der Waals surface area contributed by atoms with E-state index < -0.39 is 63.6 Å². The smallest absolute Gasteiger partial charge is 0.810 e. The number of ether oxygens (including phenoxy) is 1. The number of fused-ring (bicyclic) bond motifs is 1. The minimum atomic E-state index is -5.24. The molecule has 16 nitrogen and oxygen atoms in total. The molecule has 0 aliphatic carbocycles. The maximum atomic E-state index is 12.2. The first-order valence-electron chi connectivity index (χ1n) is 8.45. The second kappa shape index (κ2) is 15.2. The molecule has 2 aromatic heterocycles. The number of aromatic nitrogens is 4. The summed E-state index contributed by atoms with van der Waals surface area (Å²) in [5.41, 5.74) is 4.64. The first-order valence-corrected chi connectivity index (χ1v) is 11.9. The van der Waals surface area contributed by atoms with Crippen molar-refractivity contribution in [3.05, 3.63) is 16.7 Å². The predicted octanol–water partition coefficient (Wildman–Crippen LogP) is -17.2. The standard InChI is InChI=1S/C13H18N6O10P2.4Na/c14-13-16-11-10(12(22)17-13)15-5-19(11)6-1-18(8(20)3-30(23,24)25)2-7(6)29-9(21)4-31(26,27)28;;;;/h5-7H,1-4H2,(H2,23,24,25)(H2,26,27,28)(H3,14,16,17,22);;;;/q;4*+1/p-4/t6-,7-;;;;/m1..../s1. The van der Waals surface area contributed by atoms with Crippen molar-refractivity contribution in [2.45, 2.75) is 12.1 Å². The van der Waals surface area contributed by atoms with Crippen LogP contribution < -0.4 is 149 Å². The summed E-state index contributed by atoms with van der Waals surface area (Å²) in [6.07, 6.45) is -2.92. The number of hydrogen-bond donors (Lipinski definition) is 2. The number of carbonyl (C=O) groups is 2. The molecular formula is C13H14N6Na4O10P2. The van der Waals surface area contributed by atoms with Gasteiger partial charge in [0.15, 0.2) is 11.2 Å². The molecule has 3 heterocycles. The molecule has 3 rings (SSSR count). The molecule has 22 heteroatoms. The molecule has 2 atom stereocenters. The van der Waals surface area contributed by atoms with Crippen molar-refractivity contribution in [1.82, 2.24) is 24.4 Å². The second-order valence-corrected chi connectivity index (χ2v) is 9.78. The number of anilines is 1. The largest absolute Gasteiger partial charge is 1.00 e. The van der Waals surface area contributed by atoms with Gasteiger partial charge in [-0.15, -0.1) is 0 Å². The van der Waals surface area contributed by atoms with Gasteiger partial charge >= 0.3 is 124 Å². The number of nitrogen functional groups attached to an aromatic ring is 1. The van der Waals surface area contributed by atoms with Crippen LogP contribution in [0.25, 0.3) is 11.2 Å². The number of rotatable bonds is 6. The molecule has 1 aliphatic heterocycles. The SMILES string of the molecule is Nc1nc2c(ncn2[C@@H]2CN(C(=O)CP(=O)([O-])[O-])C[C@H]2OC(=O)CP(=O)([O-])[O-])c(=O)[nH]1.[Na+].[Na+].[Na+].[Na+]. The molecule has 2 aromatic rings. The van der Waals surface area contributed by atoms with E-state index in [2.05, 4.69) is 15.0 Å². The summed E-state index contributed by atoms with van der Waals surface area (Å²) in [6, 6.07) is -1.01. The number of amides is 1. The molecule has 1 saturated heterocycles. The zero-order valence-corrected chi connectivity index (χ0v) is 29.2. The van der Waals surface area contributed by atoms with E-state index in [1.807, 2.05) is 0 Å². The Bertz CT molecular complexity index is 1200. The number of likely N-dealkylation sites (tertiary alicyclic amines) is 1. The summed E-state index contributed by atoms with van der Waals surface area (Å²) < 4.78 is 28.0. The third-order valence-electron chi connectivity index (χ3n) is 4.33. The van der Waals surface area contributed by atoms with Crippen LogP contribution in [0.4, 0.5) is 5.95 Å². The van der Waals surface area contributed by atoms with Gasteiger partial charge in [0.2, 0.25) is 11.9 Å². The van der Waals surface area contributed by atoms with Gasteiger partial charge in [0.1, 0.15) is 6.10 Å². The predicted molar refractivity (Wildman–Crippen MR) is 93.0 cm³/mol. The van der Waals surface area contributed by atoms with Gasteiger partial charge in [0.05, 0.1) is 31.2 Å². The van der Waals surface area contributed by atoms with Crippen LogP contribution in [0.3, 0.4) is 0 Å². The second-order valence-electron chi connectivity index (χ2n) is 6.71. The number of H-pyrrole nitrogens is 1. The van der Waals surface area contributed by atoms with Crippen LogP contribution in [0.15, 0.2) is 11.1 Å². The fraction of sp³-hybridized carbons (Fsp3) is 0.462. The van der Waals surface area contributed by atoms with Crippen LogP contribution in [0.1, 0.15) is 6.04 Å². The number of carbonyl (C=O) groups excluding carboxylic acids is 2. The normalized spacial score (nSPS) is 17.4. The molecule has 0 bridgehead atoms. The fourth-order valence-electron chi connectivity index (χ4n) is 3.16. The van der Waals surface area contributed by atoms with E-state index in [1.165, 1.54) is 4.57 Å². The van der Waals surface area contributed by atoms with Crippen molar-refractivity contribution in [1.29, 1.82) is 0 Å². The number of nitrogens with two attached hydrogens (primary N) is 1. The number of esters is 1. The average molecular weight is 568 g/mol. The minimum absolute atomic E-state index is 0. The molecule has 0 aromatic carbocycles. The number of aromatic amines is 1. The summed E-state index contributed by atoms with van der Waals surface area (Å²) in [5.74, 6) is -2.74. The van der Waals surface area contributed by atoms with E-state index in [1.54, 1.807) is 0 Å². The van der Waals surface area contributed by atoms with E-state index >= 15 is 0 Å². The van der Waals surface area contributed by atoms with Crippen LogP contribution in [-0.4, -0.2) is 67.8 Å². The zero-order valence-electron chi connectivity index (χ0n) is 19.4. The molecule has 35 heavy (non-hydrogen) atoms.